The summed E-state index contributed by atoms with van der Waals surface area (Å²) in [6.07, 6.45) is 0. The molecule has 2 aromatic heterocycles. The third-order valence-corrected chi connectivity index (χ3v) is 5.96. The number of nitrogens with zero attached hydrogens (tertiary/aromatic N) is 3. The van der Waals surface area contributed by atoms with Crippen LogP contribution in [0.3, 0.4) is 0 Å². The Hall–Kier alpha value is -4.24. The maximum absolute atomic E-state index is 13.3. The molecule has 162 valence electrons. The van der Waals surface area contributed by atoms with Crippen LogP contribution < -0.4 is 15.9 Å². The van der Waals surface area contributed by atoms with Crippen LogP contribution in [0.4, 0.5) is 0 Å². The van der Waals surface area contributed by atoms with Crippen molar-refractivity contribution in [2.45, 2.75) is 5.16 Å². The minimum atomic E-state index is -0.767. The van der Waals surface area contributed by atoms with Gasteiger partial charge in [0.15, 0.2) is 5.16 Å². The molecular formula is C24H17N4O4S+. The third-order valence-electron chi connectivity index (χ3n) is 5.02. The lowest BCUT2D eigenvalue weighted by atomic mass is 10.2. The molecule has 0 atom stereocenters. The average molecular weight is 457 g/mol. The van der Waals surface area contributed by atoms with Crippen LogP contribution in [-0.4, -0.2) is 26.4 Å². The molecule has 0 amide bonds. The minimum absolute atomic E-state index is 0.118. The van der Waals surface area contributed by atoms with Gasteiger partial charge in [-0.25, -0.2) is 9.78 Å². The standard InChI is InChI=1S/C24H16N4O4S/c29-20(21-23(31)32-26-28(21)17-11-5-2-6-12-17)15-33-24-25-19-14-8-7-13-18(19)22(30)27(24)16-9-3-1-4-10-16/h1-14H,15H2/p+1. The highest BCUT2D eigenvalue weighted by molar-refractivity contribution is 7.99. The number of fused-ring (bicyclic) bond motifs is 1. The molecule has 0 aliphatic carbocycles. The van der Waals surface area contributed by atoms with Crippen LogP contribution in [0.15, 0.2) is 104 Å². The molecule has 1 N–H and O–H groups in total. The van der Waals surface area contributed by atoms with Crippen LogP contribution in [0.1, 0.15) is 10.5 Å². The Labute approximate surface area is 191 Å². The quantitative estimate of drug-likeness (QED) is 0.182. The van der Waals surface area contributed by atoms with Crippen LogP contribution in [0, 0.1) is 0 Å². The number of hydrogen-bond donors (Lipinski definition) is 1. The summed E-state index contributed by atoms with van der Waals surface area (Å²) in [5.41, 5.74) is 0.616. The van der Waals surface area contributed by atoms with Crippen molar-refractivity contribution in [3.63, 3.8) is 0 Å². The summed E-state index contributed by atoms with van der Waals surface area (Å²) >= 11 is 1.08. The number of hydrogen-bond acceptors (Lipinski definition) is 6. The molecular weight excluding hydrogens is 440 g/mol. The fraction of sp³-hybridized carbons (Fsp3) is 0.0417. The van der Waals surface area contributed by atoms with Crippen molar-refractivity contribution in [3.8, 4) is 11.4 Å². The summed E-state index contributed by atoms with van der Waals surface area (Å²) in [6, 6.07) is 25.0. The number of benzene rings is 3. The molecule has 5 aromatic rings. The Kier molecular flexibility index (Phi) is 5.45. The second-order valence-electron chi connectivity index (χ2n) is 7.10. The molecule has 0 radical (unpaired) electrons. The summed E-state index contributed by atoms with van der Waals surface area (Å²) in [5, 5.41) is 3.30. The summed E-state index contributed by atoms with van der Waals surface area (Å²) < 4.78 is 7.66. The number of H-pyrrole nitrogens is 1. The van der Waals surface area contributed by atoms with Crippen molar-refractivity contribution in [1.29, 1.82) is 0 Å². The molecule has 0 fully saturated rings. The van der Waals surface area contributed by atoms with Gasteiger partial charge in [-0.15, -0.1) is 0 Å². The summed E-state index contributed by atoms with van der Waals surface area (Å²) in [4.78, 5) is 43.2. The summed E-state index contributed by atoms with van der Waals surface area (Å²) in [6.45, 7) is 0. The molecule has 0 spiro atoms. The van der Waals surface area contributed by atoms with E-state index in [1.165, 1.54) is 9.25 Å². The number of carbonyl (C=O) groups is 1. The van der Waals surface area contributed by atoms with Crippen molar-refractivity contribution >= 4 is 28.4 Å². The first-order valence-corrected chi connectivity index (χ1v) is 11.0. The normalized spacial score (nSPS) is 11.0. The van der Waals surface area contributed by atoms with Crippen molar-refractivity contribution in [3.05, 3.63) is 111 Å². The van der Waals surface area contributed by atoms with Gasteiger partial charge in [0.2, 0.25) is 11.5 Å². The zero-order chi connectivity index (χ0) is 22.8. The first-order chi connectivity index (χ1) is 16.1. The molecule has 0 aliphatic rings. The highest BCUT2D eigenvalue weighted by Gasteiger charge is 2.30. The Bertz CT molecular complexity index is 1570. The van der Waals surface area contributed by atoms with Gasteiger partial charge in [0.05, 0.1) is 22.3 Å². The van der Waals surface area contributed by atoms with Gasteiger partial charge in [-0.3, -0.25) is 18.7 Å². The van der Waals surface area contributed by atoms with E-state index in [0.29, 0.717) is 27.4 Å². The lowest BCUT2D eigenvalue weighted by molar-refractivity contribution is -0.672. The molecule has 33 heavy (non-hydrogen) atoms. The first-order valence-electron chi connectivity index (χ1n) is 10.1. The fourth-order valence-electron chi connectivity index (χ4n) is 3.48. The molecule has 3 aromatic carbocycles. The molecule has 0 bridgehead atoms. The molecule has 8 nitrogen and oxygen atoms in total. The van der Waals surface area contributed by atoms with Crippen LogP contribution in [0.5, 0.6) is 0 Å². The maximum atomic E-state index is 13.3. The molecule has 0 saturated heterocycles. The van der Waals surface area contributed by atoms with E-state index >= 15 is 0 Å². The van der Waals surface area contributed by atoms with Crippen LogP contribution in [0.25, 0.3) is 22.3 Å². The van der Waals surface area contributed by atoms with E-state index < -0.39 is 11.4 Å². The number of carbonyl (C=O) groups excluding carboxylic acids is 1. The van der Waals surface area contributed by atoms with Gasteiger partial charge in [0, 0.05) is 12.1 Å². The van der Waals surface area contributed by atoms with Gasteiger partial charge < -0.3 is 0 Å². The monoisotopic (exact) mass is 457 g/mol. The molecule has 9 heteroatoms. The maximum Gasteiger partial charge on any atom is 0.438 e. The Morgan fingerprint density at radius 2 is 1.61 bits per heavy atom. The lowest BCUT2D eigenvalue weighted by Gasteiger charge is -2.12. The van der Waals surface area contributed by atoms with Gasteiger partial charge in [0.1, 0.15) is 0 Å². The molecule has 0 unspecified atom stereocenters. The average Bonchev–Trinajstić information content (AvgIpc) is 3.25. The van der Waals surface area contributed by atoms with Crippen molar-refractivity contribution < 1.29 is 14.0 Å². The topological polar surface area (TPSA) is 102 Å². The summed E-state index contributed by atoms with van der Waals surface area (Å²) in [5.74, 6) is -0.576. The van der Waals surface area contributed by atoms with Crippen molar-refractivity contribution in [2.24, 2.45) is 0 Å². The van der Waals surface area contributed by atoms with E-state index in [0.717, 1.165) is 11.8 Å². The lowest BCUT2D eigenvalue weighted by Crippen LogP contribution is -2.41. The Balaban J connectivity index is 1.54. The number of rotatable bonds is 6. The number of ketones is 1. The largest absolute Gasteiger partial charge is 0.438 e. The third kappa shape index (κ3) is 3.90. The number of aromatic nitrogens is 4. The van der Waals surface area contributed by atoms with E-state index in [4.69, 9.17) is 4.52 Å². The number of Topliss-reactive ketones (excluding diaryl/α,β-unsaturated/α-hetero) is 1. The number of aromatic amines is 1. The predicted molar refractivity (Wildman–Crippen MR) is 123 cm³/mol. The Morgan fingerprint density at radius 1 is 0.939 bits per heavy atom. The van der Waals surface area contributed by atoms with E-state index in [1.807, 2.05) is 24.3 Å². The van der Waals surface area contributed by atoms with Crippen LogP contribution in [-0.2, 0) is 0 Å². The van der Waals surface area contributed by atoms with E-state index in [9.17, 15) is 14.4 Å². The number of thioether (sulfide) groups is 1. The fourth-order valence-corrected chi connectivity index (χ4v) is 4.36. The number of para-hydroxylation sites is 3. The zero-order valence-electron chi connectivity index (χ0n) is 17.2. The first kappa shape index (κ1) is 20.7. The summed E-state index contributed by atoms with van der Waals surface area (Å²) in [7, 11) is 0. The molecule has 5 rings (SSSR count). The number of nitrogens with one attached hydrogen (secondary N) is 1. The molecule has 2 heterocycles. The molecule has 0 saturated carbocycles. The van der Waals surface area contributed by atoms with E-state index in [2.05, 4.69) is 10.3 Å². The van der Waals surface area contributed by atoms with Crippen molar-refractivity contribution in [2.75, 3.05) is 5.75 Å². The van der Waals surface area contributed by atoms with Gasteiger partial charge in [-0.2, -0.15) is 0 Å². The van der Waals surface area contributed by atoms with Gasteiger partial charge in [-0.05, 0) is 34.2 Å². The second kappa shape index (κ2) is 8.71. The molecule has 0 aliphatic heterocycles. The predicted octanol–water partition coefficient (Wildman–Crippen LogP) is 2.92. The highest BCUT2D eigenvalue weighted by Crippen LogP contribution is 2.21. The second-order valence-corrected chi connectivity index (χ2v) is 8.04. The van der Waals surface area contributed by atoms with E-state index in [-0.39, 0.29) is 17.0 Å². The van der Waals surface area contributed by atoms with Gasteiger partial charge in [0.25, 0.3) is 5.56 Å². The Morgan fingerprint density at radius 3 is 2.36 bits per heavy atom. The van der Waals surface area contributed by atoms with Crippen molar-refractivity contribution in [1.82, 2.24) is 14.8 Å². The zero-order valence-corrected chi connectivity index (χ0v) is 18.0. The van der Waals surface area contributed by atoms with Crippen LogP contribution >= 0.6 is 11.8 Å². The van der Waals surface area contributed by atoms with Gasteiger partial charge in [-0.1, -0.05) is 60.3 Å². The van der Waals surface area contributed by atoms with Crippen LogP contribution in [0.2, 0.25) is 0 Å². The highest BCUT2D eigenvalue weighted by atomic mass is 32.2. The smallest absolute Gasteiger partial charge is 0.286 e. The van der Waals surface area contributed by atoms with E-state index in [1.54, 1.807) is 60.7 Å². The minimum Gasteiger partial charge on any atom is -0.286 e. The SMILES string of the molecule is O=C(CSc1nc2ccccc2c(=O)n1-c1ccccc1)c1c(=O)o[nH][n+]1-c1ccccc1. The van der Waals surface area contributed by atoms with Gasteiger partial charge >= 0.3 is 11.3 Å².